The molecule has 1 spiro atoms. The van der Waals surface area contributed by atoms with Crippen LogP contribution in [-0.2, 0) is 11.8 Å². The lowest BCUT2D eigenvalue weighted by atomic mass is 9.56. The van der Waals surface area contributed by atoms with Gasteiger partial charge in [0.15, 0.2) is 0 Å². The second-order valence-electron chi connectivity index (χ2n) is 5.17. The topological polar surface area (TPSA) is 20.2 Å². The number of hydrogen-bond acceptors (Lipinski definition) is 1. The molecule has 1 unspecified atom stereocenters. The summed E-state index contributed by atoms with van der Waals surface area (Å²) in [7, 11) is 0. The van der Waals surface area contributed by atoms with Crippen LogP contribution in [0.25, 0.3) is 0 Å². The van der Waals surface area contributed by atoms with E-state index in [1.165, 1.54) is 36.0 Å². The van der Waals surface area contributed by atoms with Crippen LogP contribution in [0.2, 0.25) is 0 Å². The zero-order valence-electron chi connectivity index (χ0n) is 9.29. The van der Waals surface area contributed by atoms with Crippen molar-refractivity contribution in [1.29, 1.82) is 0 Å². The number of hydrogen-bond donors (Lipinski definition) is 1. The molecule has 0 heterocycles. The van der Waals surface area contributed by atoms with Crippen molar-refractivity contribution >= 4 is 0 Å². The van der Waals surface area contributed by atoms with E-state index in [4.69, 9.17) is 0 Å². The van der Waals surface area contributed by atoms with Crippen molar-refractivity contribution in [2.24, 2.45) is 0 Å². The first-order valence-electron chi connectivity index (χ1n) is 6.01. The predicted molar refractivity (Wildman–Crippen MR) is 61.0 cm³/mol. The molecule has 1 saturated carbocycles. The number of aryl methyl sites for hydroxylation is 2. The minimum Gasteiger partial charge on any atom is -0.392 e. The molecular weight excluding hydrogens is 184 g/mol. The Hall–Kier alpha value is -0.820. The predicted octanol–water partition coefficient (Wildman–Crippen LogP) is 2.72. The molecule has 1 atom stereocenters. The van der Waals surface area contributed by atoms with E-state index in [1.807, 2.05) is 0 Å². The van der Waals surface area contributed by atoms with Gasteiger partial charge in [-0.1, -0.05) is 24.6 Å². The van der Waals surface area contributed by atoms with Gasteiger partial charge in [0.05, 0.1) is 6.10 Å². The Morgan fingerprint density at radius 3 is 2.80 bits per heavy atom. The average molecular weight is 202 g/mol. The minimum absolute atomic E-state index is 0.0974. The highest BCUT2D eigenvalue weighted by Gasteiger charge is 2.48. The lowest BCUT2D eigenvalue weighted by Gasteiger charge is -2.50. The van der Waals surface area contributed by atoms with E-state index in [9.17, 15) is 5.11 Å². The first kappa shape index (κ1) is 9.41. The van der Waals surface area contributed by atoms with Gasteiger partial charge in [0.2, 0.25) is 0 Å². The Labute approximate surface area is 91.1 Å². The molecule has 0 bridgehead atoms. The fourth-order valence-electron chi connectivity index (χ4n) is 3.53. The summed E-state index contributed by atoms with van der Waals surface area (Å²) in [6.07, 6.45) is 5.57. The number of fused-ring (bicyclic) bond motifs is 2. The lowest BCUT2D eigenvalue weighted by Crippen LogP contribution is -2.49. The molecule has 2 aliphatic carbocycles. The molecule has 0 saturated heterocycles. The van der Waals surface area contributed by atoms with Crippen LogP contribution in [-0.4, -0.2) is 11.2 Å². The van der Waals surface area contributed by atoms with Crippen LogP contribution in [0.15, 0.2) is 18.2 Å². The highest BCUT2D eigenvalue weighted by Crippen LogP contribution is 2.52. The lowest BCUT2D eigenvalue weighted by molar-refractivity contribution is 0.0140. The third-order valence-corrected chi connectivity index (χ3v) is 4.43. The number of rotatable bonds is 0. The first-order chi connectivity index (χ1) is 7.24. The summed E-state index contributed by atoms with van der Waals surface area (Å²) in [5.74, 6) is 0. The molecule has 1 fully saturated rings. The highest BCUT2D eigenvalue weighted by atomic mass is 16.3. The van der Waals surface area contributed by atoms with Crippen molar-refractivity contribution < 1.29 is 5.11 Å². The summed E-state index contributed by atoms with van der Waals surface area (Å²) in [4.78, 5) is 0. The molecule has 1 aromatic rings. The zero-order valence-corrected chi connectivity index (χ0v) is 9.29. The maximum absolute atomic E-state index is 10.3. The summed E-state index contributed by atoms with van der Waals surface area (Å²) >= 11 is 0. The smallest absolute Gasteiger partial charge is 0.0640 e. The van der Waals surface area contributed by atoms with E-state index in [-0.39, 0.29) is 11.5 Å². The minimum atomic E-state index is -0.0974. The molecular formula is C14H18O. The van der Waals surface area contributed by atoms with Crippen LogP contribution in [0, 0.1) is 6.92 Å². The second-order valence-corrected chi connectivity index (χ2v) is 5.17. The largest absolute Gasteiger partial charge is 0.392 e. The summed E-state index contributed by atoms with van der Waals surface area (Å²) in [5.41, 5.74) is 4.49. The third kappa shape index (κ3) is 1.13. The molecule has 80 valence electrons. The molecule has 1 N–H and O–H groups in total. The molecule has 0 aliphatic heterocycles. The second kappa shape index (κ2) is 3.08. The van der Waals surface area contributed by atoms with E-state index in [1.54, 1.807) is 0 Å². The van der Waals surface area contributed by atoms with Crippen LogP contribution in [0.1, 0.15) is 42.4 Å². The van der Waals surface area contributed by atoms with Crippen molar-refractivity contribution in [1.82, 2.24) is 0 Å². The van der Waals surface area contributed by atoms with E-state index in [0.717, 1.165) is 12.8 Å². The monoisotopic (exact) mass is 202 g/mol. The normalized spacial score (nSPS) is 27.2. The van der Waals surface area contributed by atoms with Gasteiger partial charge in [-0.05, 0) is 49.3 Å². The Balaban J connectivity index is 2.18. The number of benzene rings is 1. The molecule has 15 heavy (non-hydrogen) atoms. The maximum Gasteiger partial charge on any atom is 0.0640 e. The van der Waals surface area contributed by atoms with Crippen molar-refractivity contribution in [3.63, 3.8) is 0 Å². The first-order valence-corrected chi connectivity index (χ1v) is 6.01. The summed E-state index contributed by atoms with van der Waals surface area (Å²) in [6.45, 7) is 2.19. The van der Waals surface area contributed by atoms with Gasteiger partial charge in [0.1, 0.15) is 0 Å². The van der Waals surface area contributed by atoms with Crippen LogP contribution in [0.5, 0.6) is 0 Å². The molecule has 2 aliphatic rings. The number of aliphatic hydroxyl groups excluding tert-OH is 1. The molecule has 3 rings (SSSR count). The van der Waals surface area contributed by atoms with E-state index < -0.39 is 0 Å². The van der Waals surface area contributed by atoms with Gasteiger partial charge >= 0.3 is 0 Å². The molecule has 1 aromatic carbocycles. The van der Waals surface area contributed by atoms with Gasteiger partial charge in [-0.15, -0.1) is 0 Å². The van der Waals surface area contributed by atoms with Crippen molar-refractivity contribution in [3.05, 3.63) is 34.9 Å². The van der Waals surface area contributed by atoms with Gasteiger partial charge in [0, 0.05) is 5.41 Å². The fraction of sp³-hybridized carbons (Fsp3) is 0.571. The third-order valence-electron chi connectivity index (χ3n) is 4.43. The van der Waals surface area contributed by atoms with Gasteiger partial charge in [-0.3, -0.25) is 0 Å². The van der Waals surface area contributed by atoms with Crippen molar-refractivity contribution in [2.45, 2.75) is 50.5 Å². The van der Waals surface area contributed by atoms with Crippen LogP contribution < -0.4 is 0 Å². The Kier molecular flexibility index (Phi) is 1.93. The van der Waals surface area contributed by atoms with E-state index >= 15 is 0 Å². The summed E-state index contributed by atoms with van der Waals surface area (Å²) in [6, 6.07) is 6.59. The van der Waals surface area contributed by atoms with Crippen LogP contribution in [0.4, 0.5) is 0 Å². The summed E-state index contributed by atoms with van der Waals surface area (Å²) < 4.78 is 0. The quantitative estimate of drug-likeness (QED) is 0.686. The Morgan fingerprint density at radius 1 is 1.33 bits per heavy atom. The molecule has 0 amide bonds. The summed E-state index contributed by atoms with van der Waals surface area (Å²) in [5, 5.41) is 10.3. The Bertz CT molecular complexity index is 390. The van der Waals surface area contributed by atoms with Gasteiger partial charge in [0.25, 0.3) is 0 Å². The fourth-order valence-corrected chi connectivity index (χ4v) is 3.53. The number of aliphatic hydroxyl groups is 1. The Morgan fingerprint density at radius 2 is 2.13 bits per heavy atom. The van der Waals surface area contributed by atoms with Gasteiger partial charge in [-0.2, -0.15) is 0 Å². The van der Waals surface area contributed by atoms with Crippen molar-refractivity contribution in [3.8, 4) is 0 Å². The van der Waals surface area contributed by atoms with Crippen LogP contribution >= 0.6 is 0 Å². The van der Waals surface area contributed by atoms with Crippen molar-refractivity contribution in [2.75, 3.05) is 0 Å². The van der Waals surface area contributed by atoms with Gasteiger partial charge < -0.3 is 5.11 Å². The standard InChI is InChI=1S/C14H18O/c1-10-4-2-5-11-6-7-12(15)14(13(10)11)8-3-9-14/h2,4-5,12,15H,3,6-9H2,1H3. The van der Waals surface area contributed by atoms with Crippen LogP contribution in [0.3, 0.4) is 0 Å². The van der Waals surface area contributed by atoms with Gasteiger partial charge in [-0.25, -0.2) is 0 Å². The van der Waals surface area contributed by atoms with E-state index in [0.29, 0.717) is 0 Å². The maximum atomic E-state index is 10.3. The molecule has 0 radical (unpaired) electrons. The molecule has 1 heteroatoms. The van der Waals surface area contributed by atoms with E-state index in [2.05, 4.69) is 25.1 Å². The SMILES string of the molecule is Cc1cccc2c1C1(CCC1)C(O)CC2. The highest BCUT2D eigenvalue weighted by molar-refractivity contribution is 5.45. The average Bonchev–Trinajstić information content (AvgIpc) is 2.16. The zero-order chi connectivity index (χ0) is 10.5. The molecule has 0 aromatic heterocycles. The molecule has 1 nitrogen and oxygen atoms in total.